The number of aromatic nitrogens is 2. The van der Waals surface area contributed by atoms with Crippen LogP contribution < -0.4 is 14.8 Å². The average Bonchev–Trinajstić information content (AvgIpc) is 3.54. The summed E-state index contributed by atoms with van der Waals surface area (Å²) < 4.78 is 31.9. The number of carbonyl (C=O) groups is 1. The number of nitrogens with zero attached hydrogens (tertiary/aromatic N) is 2. The zero-order chi connectivity index (χ0) is 22.9. The Morgan fingerprint density at radius 2 is 1.84 bits per heavy atom. The molecule has 0 unspecified atom stereocenters. The van der Waals surface area contributed by atoms with E-state index in [4.69, 9.17) is 4.74 Å². The van der Waals surface area contributed by atoms with Crippen LogP contribution in [0, 0.1) is 0 Å². The number of nitrogens with one attached hydrogen (secondary N) is 2. The van der Waals surface area contributed by atoms with Gasteiger partial charge in [-0.3, -0.25) is 9.52 Å². The lowest BCUT2D eigenvalue weighted by atomic mass is 9.89. The van der Waals surface area contributed by atoms with E-state index in [-0.39, 0.29) is 16.3 Å². The molecule has 10 heteroatoms. The molecule has 0 radical (unpaired) electrons. The van der Waals surface area contributed by atoms with Crippen LogP contribution in [0.3, 0.4) is 0 Å². The van der Waals surface area contributed by atoms with E-state index in [1.54, 1.807) is 44.5 Å². The molecule has 3 aromatic rings. The fourth-order valence-electron chi connectivity index (χ4n) is 3.01. The Hall–Kier alpha value is -2.98. The molecule has 2 N–H and O–H groups in total. The molecular formula is C22H24N4O4S2. The van der Waals surface area contributed by atoms with E-state index < -0.39 is 15.4 Å². The van der Waals surface area contributed by atoms with Gasteiger partial charge in [-0.15, -0.1) is 11.3 Å². The maximum atomic E-state index is 13.0. The number of benzene rings is 1. The number of sulfonamides is 1. The van der Waals surface area contributed by atoms with Crippen molar-refractivity contribution in [3.63, 3.8) is 0 Å². The fraction of sp³-hybridized carbons (Fsp3) is 0.318. The van der Waals surface area contributed by atoms with Gasteiger partial charge in [0.15, 0.2) is 5.13 Å². The van der Waals surface area contributed by atoms with Gasteiger partial charge in [-0.05, 0) is 44.9 Å². The van der Waals surface area contributed by atoms with Gasteiger partial charge in [0.1, 0.15) is 0 Å². The molecule has 0 aliphatic heterocycles. The largest absolute Gasteiger partial charge is 0.481 e. The molecule has 4 rings (SSSR count). The smallest absolute Gasteiger partial charge is 0.237 e. The second-order valence-electron chi connectivity index (χ2n) is 8.11. The number of methoxy groups -OCH3 is 1. The van der Waals surface area contributed by atoms with Crippen molar-refractivity contribution in [3.8, 4) is 17.1 Å². The van der Waals surface area contributed by atoms with Crippen LogP contribution in [0.1, 0.15) is 32.4 Å². The third-order valence-electron chi connectivity index (χ3n) is 5.28. The summed E-state index contributed by atoms with van der Waals surface area (Å²) in [6.07, 6.45) is 1.35. The first-order valence-electron chi connectivity index (χ1n) is 10.1. The van der Waals surface area contributed by atoms with Gasteiger partial charge < -0.3 is 10.1 Å². The number of amides is 1. The van der Waals surface area contributed by atoms with Crippen LogP contribution in [0.15, 0.2) is 47.8 Å². The molecular weight excluding hydrogens is 448 g/mol. The summed E-state index contributed by atoms with van der Waals surface area (Å²) in [5.74, 6) is 0.287. The topological polar surface area (TPSA) is 110 Å². The number of ether oxygens (including phenoxy) is 1. The van der Waals surface area contributed by atoms with E-state index in [1.807, 2.05) is 24.3 Å². The maximum Gasteiger partial charge on any atom is 0.237 e. The first-order chi connectivity index (χ1) is 15.2. The minimum absolute atomic E-state index is 0.244. The number of hydrogen-bond donors (Lipinski definition) is 2. The SMILES string of the molecule is COc1cccc(-c2ccc(NC(=O)C(C)(C)c3csc(NS(=O)(=O)C4CC4)n3)cc2)n1. The first kappa shape index (κ1) is 22.2. The second kappa shape index (κ2) is 8.51. The Morgan fingerprint density at radius 1 is 1.12 bits per heavy atom. The van der Waals surface area contributed by atoms with E-state index >= 15 is 0 Å². The molecule has 0 saturated heterocycles. The molecule has 8 nitrogen and oxygen atoms in total. The highest BCUT2D eigenvalue weighted by Gasteiger charge is 2.37. The summed E-state index contributed by atoms with van der Waals surface area (Å²) in [7, 11) is -1.82. The summed E-state index contributed by atoms with van der Waals surface area (Å²) in [6, 6.07) is 12.9. The third-order valence-corrected chi connectivity index (χ3v) is 7.99. The van der Waals surface area contributed by atoms with Crippen molar-refractivity contribution in [2.75, 3.05) is 17.1 Å². The lowest BCUT2D eigenvalue weighted by Crippen LogP contribution is -2.35. The average molecular weight is 473 g/mol. The molecule has 1 amide bonds. The van der Waals surface area contributed by atoms with Crippen LogP contribution in [-0.4, -0.2) is 36.7 Å². The zero-order valence-electron chi connectivity index (χ0n) is 18.0. The van der Waals surface area contributed by atoms with Gasteiger partial charge in [0, 0.05) is 22.7 Å². The summed E-state index contributed by atoms with van der Waals surface area (Å²) in [6.45, 7) is 3.51. The third kappa shape index (κ3) is 4.76. The molecule has 0 bridgehead atoms. The van der Waals surface area contributed by atoms with Crippen LogP contribution >= 0.6 is 11.3 Å². The summed E-state index contributed by atoms with van der Waals surface area (Å²) >= 11 is 1.18. The van der Waals surface area contributed by atoms with Crippen LogP contribution in [0.25, 0.3) is 11.3 Å². The Bertz CT molecular complexity index is 1230. The Balaban J connectivity index is 1.44. The van der Waals surface area contributed by atoms with Crippen molar-refractivity contribution in [3.05, 3.63) is 53.5 Å². The number of hydrogen-bond acceptors (Lipinski definition) is 7. The van der Waals surface area contributed by atoms with Crippen molar-refractivity contribution in [1.29, 1.82) is 0 Å². The number of thiazole rings is 1. The minimum atomic E-state index is -3.39. The molecule has 1 aliphatic carbocycles. The number of carbonyl (C=O) groups excluding carboxylic acids is 1. The van der Waals surface area contributed by atoms with Crippen LogP contribution in [-0.2, 0) is 20.2 Å². The van der Waals surface area contributed by atoms with Gasteiger partial charge in [0.2, 0.25) is 21.8 Å². The molecule has 0 spiro atoms. The molecule has 1 aromatic carbocycles. The fourth-order valence-corrected chi connectivity index (χ4v) is 5.48. The van der Waals surface area contributed by atoms with Crippen molar-refractivity contribution in [2.45, 2.75) is 37.4 Å². The molecule has 2 aromatic heterocycles. The summed E-state index contributed by atoms with van der Waals surface area (Å²) in [5, 5.41) is 4.57. The first-order valence-corrected chi connectivity index (χ1v) is 12.5. The molecule has 168 valence electrons. The molecule has 32 heavy (non-hydrogen) atoms. The Kier molecular flexibility index (Phi) is 5.91. The van der Waals surface area contributed by atoms with E-state index in [0.717, 1.165) is 11.3 Å². The molecule has 2 heterocycles. The second-order valence-corrected chi connectivity index (χ2v) is 10.9. The van der Waals surface area contributed by atoms with Crippen molar-refractivity contribution < 1.29 is 17.9 Å². The van der Waals surface area contributed by atoms with Crippen molar-refractivity contribution in [2.24, 2.45) is 0 Å². The number of anilines is 2. The van der Waals surface area contributed by atoms with E-state index in [9.17, 15) is 13.2 Å². The normalized spacial score (nSPS) is 14.1. The molecule has 0 atom stereocenters. The monoisotopic (exact) mass is 472 g/mol. The molecule has 1 saturated carbocycles. The van der Waals surface area contributed by atoms with E-state index in [0.29, 0.717) is 30.1 Å². The minimum Gasteiger partial charge on any atom is -0.481 e. The zero-order valence-corrected chi connectivity index (χ0v) is 19.6. The van der Waals surface area contributed by atoms with Crippen LogP contribution in [0.4, 0.5) is 10.8 Å². The van der Waals surface area contributed by atoms with Gasteiger partial charge >= 0.3 is 0 Å². The quantitative estimate of drug-likeness (QED) is 0.512. The number of pyridine rings is 1. The predicted molar refractivity (Wildman–Crippen MR) is 126 cm³/mol. The highest BCUT2D eigenvalue weighted by molar-refractivity contribution is 7.93. The predicted octanol–water partition coefficient (Wildman–Crippen LogP) is 4.03. The van der Waals surface area contributed by atoms with Gasteiger partial charge in [-0.25, -0.2) is 18.4 Å². The van der Waals surface area contributed by atoms with Gasteiger partial charge in [0.25, 0.3) is 0 Å². The maximum absolute atomic E-state index is 13.0. The van der Waals surface area contributed by atoms with Gasteiger partial charge in [-0.1, -0.05) is 18.2 Å². The highest BCUT2D eigenvalue weighted by atomic mass is 32.2. The Labute approximate surface area is 191 Å². The molecule has 1 fully saturated rings. The summed E-state index contributed by atoms with van der Waals surface area (Å²) in [4.78, 5) is 21.7. The van der Waals surface area contributed by atoms with E-state index in [1.165, 1.54) is 11.3 Å². The summed E-state index contributed by atoms with van der Waals surface area (Å²) in [5.41, 5.74) is 1.86. The van der Waals surface area contributed by atoms with Crippen LogP contribution in [0.5, 0.6) is 5.88 Å². The van der Waals surface area contributed by atoms with Crippen LogP contribution in [0.2, 0.25) is 0 Å². The number of rotatable bonds is 8. The lowest BCUT2D eigenvalue weighted by molar-refractivity contribution is -0.120. The van der Waals surface area contributed by atoms with Gasteiger partial charge in [-0.2, -0.15) is 0 Å². The van der Waals surface area contributed by atoms with E-state index in [2.05, 4.69) is 20.0 Å². The van der Waals surface area contributed by atoms with Crippen molar-refractivity contribution in [1.82, 2.24) is 9.97 Å². The molecule has 1 aliphatic rings. The van der Waals surface area contributed by atoms with Crippen molar-refractivity contribution >= 4 is 38.1 Å². The Morgan fingerprint density at radius 3 is 2.50 bits per heavy atom. The standard InChI is InChI=1S/C22H24N4O4S2/c1-22(2,18-13-31-21(25-18)26-32(28,29)16-11-12-16)20(27)23-15-9-7-14(8-10-15)17-5-4-6-19(24-17)30-3/h4-10,13,16H,11-12H2,1-3H3,(H,23,27)(H,25,26). The van der Waals surface area contributed by atoms with Gasteiger partial charge in [0.05, 0.1) is 29.2 Å². The lowest BCUT2D eigenvalue weighted by Gasteiger charge is -2.21. The highest BCUT2D eigenvalue weighted by Crippen LogP contribution is 2.33.